The van der Waals surface area contributed by atoms with E-state index in [4.69, 9.17) is 33.4 Å². The molecule has 0 saturated heterocycles. The first-order chi connectivity index (χ1) is 8.02. The van der Waals surface area contributed by atoms with Gasteiger partial charge in [-0.3, -0.25) is 0 Å². The highest BCUT2D eigenvalue weighted by Gasteiger charge is 2.06. The number of rotatable bonds is 4. The smallest absolute Gasteiger partial charge is 0.319 e. The van der Waals surface area contributed by atoms with E-state index < -0.39 is 18.7 Å². The normalized spacial score (nSPS) is 12.0. The van der Waals surface area contributed by atoms with E-state index in [0.29, 0.717) is 15.7 Å². The van der Waals surface area contributed by atoms with Crippen LogP contribution in [0, 0.1) is 0 Å². The molecular formula is C10H12Cl2N2O3. The highest BCUT2D eigenvalue weighted by molar-refractivity contribution is 6.42. The summed E-state index contributed by atoms with van der Waals surface area (Å²) in [5.41, 5.74) is 0.482. The van der Waals surface area contributed by atoms with Crippen LogP contribution >= 0.6 is 23.2 Å². The summed E-state index contributed by atoms with van der Waals surface area (Å²) in [5.74, 6) is 0. The average molecular weight is 279 g/mol. The molecule has 0 aliphatic carbocycles. The molecule has 1 aromatic carbocycles. The quantitative estimate of drug-likeness (QED) is 0.673. The van der Waals surface area contributed by atoms with E-state index in [9.17, 15) is 4.79 Å². The Morgan fingerprint density at radius 1 is 1.35 bits per heavy atom. The van der Waals surface area contributed by atoms with Crippen molar-refractivity contribution >= 4 is 34.9 Å². The van der Waals surface area contributed by atoms with Gasteiger partial charge >= 0.3 is 6.03 Å². The van der Waals surface area contributed by atoms with Gasteiger partial charge in [0.25, 0.3) is 0 Å². The Labute approximate surface area is 108 Å². The molecule has 1 aromatic rings. The van der Waals surface area contributed by atoms with Gasteiger partial charge in [-0.1, -0.05) is 23.2 Å². The second-order valence-corrected chi connectivity index (χ2v) is 4.11. The first-order valence-electron chi connectivity index (χ1n) is 4.81. The Balaban J connectivity index is 2.48. The number of carbonyl (C=O) groups is 1. The maximum absolute atomic E-state index is 11.3. The van der Waals surface area contributed by atoms with Gasteiger partial charge in [-0.25, -0.2) is 4.79 Å². The highest BCUT2D eigenvalue weighted by atomic mass is 35.5. The van der Waals surface area contributed by atoms with E-state index in [1.54, 1.807) is 12.1 Å². The molecule has 0 spiro atoms. The third kappa shape index (κ3) is 4.79. The predicted octanol–water partition coefficient (Wildman–Crippen LogP) is 1.47. The summed E-state index contributed by atoms with van der Waals surface area (Å²) < 4.78 is 0. The molecule has 0 radical (unpaired) electrons. The van der Waals surface area contributed by atoms with Crippen LogP contribution in [0.5, 0.6) is 0 Å². The molecule has 0 bridgehead atoms. The van der Waals surface area contributed by atoms with Crippen molar-refractivity contribution in [3.05, 3.63) is 28.2 Å². The lowest BCUT2D eigenvalue weighted by molar-refractivity contribution is 0.0965. The zero-order valence-electron chi connectivity index (χ0n) is 8.78. The number of halogens is 2. The molecule has 2 amide bonds. The molecule has 0 heterocycles. The minimum atomic E-state index is -0.977. The summed E-state index contributed by atoms with van der Waals surface area (Å²) in [7, 11) is 0. The summed E-state index contributed by atoms with van der Waals surface area (Å²) in [4.78, 5) is 11.3. The van der Waals surface area contributed by atoms with Crippen molar-refractivity contribution in [1.29, 1.82) is 0 Å². The lowest BCUT2D eigenvalue weighted by atomic mass is 10.3. The standard InChI is InChI=1S/C10H12Cl2N2O3/c11-8-2-1-6(3-9(8)12)14-10(17)13-4-7(16)5-15/h1-3,7,15-16H,4-5H2,(H2,13,14,17)/t7-/m1/s1. The van der Waals surface area contributed by atoms with Crippen molar-refractivity contribution in [2.45, 2.75) is 6.10 Å². The Kier molecular flexibility index (Phi) is 5.50. The molecule has 7 heteroatoms. The Morgan fingerprint density at radius 3 is 2.65 bits per heavy atom. The number of hydrogen-bond donors (Lipinski definition) is 4. The molecule has 1 rings (SSSR count). The molecule has 4 N–H and O–H groups in total. The molecule has 94 valence electrons. The predicted molar refractivity (Wildman–Crippen MR) is 66.6 cm³/mol. The van der Waals surface area contributed by atoms with E-state index >= 15 is 0 Å². The van der Waals surface area contributed by atoms with Gasteiger partial charge < -0.3 is 20.8 Å². The van der Waals surface area contributed by atoms with E-state index in [2.05, 4.69) is 10.6 Å². The lowest BCUT2D eigenvalue weighted by Gasteiger charge is -2.10. The van der Waals surface area contributed by atoms with Crippen LogP contribution in [0.15, 0.2) is 18.2 Å². The molecule has 0 saturated carbocycles. The van der Waals surface area contributed by atoms with Crippen molar-refractivity contribution in [3.63, 3.8) is 0 Å². The van der Waals surface area contributed by atoms with Crippen LogP contribution in [0.3, 0.4) is 0 Å². The molecule has 0 aliphatic heterocycles. The van der Waals surface area contributed by atoms with Gasteiger partial charge in [0.2, 0.25) is 0 Å². The van der Waals surface area contributed by atoms with Crippen molar-refractivity contribution in [2.24, 2.45) is 0 Å². The molecule has 0 aliphatic rings. The van der Waals surface area contributed by atoms with Crippen molar-refractivity contribution in [3.8, 4) is 0 Å². The van der Waals surface area contributed by atoms with Crippen LogP contribution in [0.4, 0.5) is 10.5 Å². The number of amides is 2. The third-order valence-electron chi connectivity index (χ3n) is 1.89. The summed E-state index contributed by atoms with van der Waals surface area (Å²) >= 11 is 11.5. The maximum Gasteiger partial charge on any atom is 0.319 e. The largest absolute Gasteiger partial charge is 0.394 e. The SMILES string of the molecule is O=C(NC[C@@H](O)CO)Nc1ccc(Cl)c(Cl)c1. The van der Waals surface area contributed by atoms with Gasteiger partial charge in [-0.15, -0.1) is 0 Å². The van der Waals surface area contributed by atoms with Gasteiger partial charge in [-0.2, -0.15) is 0 Å². The van der Waals surface area contributed by atoms with E-state index in [1.165, 1.54) is 6.07 Å². The first kappa shape index (κ1) is 14.1. The molecule has 17 heavy (non-hydrogen) atoms. The molecular weight excluding hydrogens is 267 g/mol. The summed E-state index contributed by atoms with van der Waals surface area (Å²) in [6, 6.07) is 4.15. The summed E-state index contributed by atoms with van der Waals surface area (Å²) in [6.45, 7) is -0.448. The van der Waals surface area contributed by atoms with Crippen LogP contribution in [-0.2, 0) is 0 Å². The number of urea groups is 1. The first-order valence-corrected chi connectivity index (χ1v) is 5.57. The summed E-state index contributed by atoms with van der Waals surface area (Å²) in [6.07, 6.45) is -0.977. The monoisotopic (exact) mass is 278 g/mol. The summed E-state index contributed by atoms with van der Waals surface area (Å²) in [5, 5.41) is 23.2. The minimum absolute atomic E-state index is 0.0380. The number of anilines is 1. The number of aliphatic hydroxyl groups excluding tert-OH is 2. The molecule has 0 aromatic heterocycles. The zero-order valence-corrected chi connectivity index (χ0v) is 10.3. The fraction of sp³-hybridized carbons (Fsp3) is 0.300. The minimum Gasteiger partial charge on any atom is -0.394 e. The zero-order chi connectivity index (χ0) is 12.8. The maximum atomic E-state index is 11.3. The Morgan fingerprint density at radius 2 is 2.06 bits per heavy atom. The molecule has 0 fully saturated rings. The highest BCUT2D eigenvalue weighted by Crippen LogP contribution is 2.24. The fourth-order valence-corrected chi connectivity index (χ4v) is 1.32. The van der Waals surface area contributed by atoms with Crippen molar-refractivity contribution in [2.75, 3.05) is 18.5 Å². The van der Waals surface area contributed by atoms with Gasteiger partial charge in [0, 0.05) is 12.2 Å². The number of hydrogen-bond acceptors (Lipinski definition) is 3. The topological polar surface area (TPSA) is 81.6 Å². The van der Waals surface area contributed by atoms with Crippen molar-refractivity contribution < 1.29 is 15.0 Å². The second-order valence-electron chi connectivity index (χ2n) is 3.30. The van der Waals surface area contributed by atoms with Crippen LogP contribution in [0.25, 0.3) is 0 Å². The molecule has 5 nitrogen and oxygen atoms in total. The van der Waals surface area contributed by atoms with Gasteiger partial charge in [0.15, 0.2) is 0 Å². The van der Waals surface area contributed by atoms with Gasteiger partial charge in [0.05, 0.1) is 22.8 Å². The number of aliphatic hydroxyl groups is 2. The Bertz CT molecular complexity index is 401. The number of carbonyl (C=O) groups excluding carboxylic acids is 1. The van der Waals surface area contributed by atoms with E-state index in [0.717, 1.165) is 0 Å². The molecule has 1 atom stereocenters. The molecule has 0 unspecified atom stereocenters. The lowest BCUT2D eigenvalue weighted by Crippen LogP contribution is -2.36. The van der Waals surface area contributed by atoms with E-state index in [-0.39, 0.29) is 6.54 Å². The Hall–Kier alpha value is -1.01. The fourth-order valence-electron chi connectivity index (χ4n) is 1.02. The van der Waals surface area contributed by atoms with Crippen molar-refractivity contribution in [1.82, 2.24) is 5.32 Å². The second kappa shape index (κ2) is 6.66. The van der Waals surface area contributed by atoms with Crippen LogP contribution in [0.2, 0.25) is 10.0 Å². The average Bonchev–Trinajstić information content (AvgIpc) is 2.31. The third-order valence-corrected chi connectivity index (χ3v) is 2.63. The van der Waals surface area contributed by atoms with Gasteiger partial charge in [-0.05, 0) is 18.2 Å². The van der Waals surface area contributed by atoms with Crippen LogP contribution < -0.4 is 10.6 Å². The van der Waals surface area contributed by atoms with Gasteiger partial charge in [0.1, 0.15) is 0 Å². The number of nitrogens with one attached hydrogen (secondary N) is 2. The number of benzene rings is 1. The van der Waals surface area contributed by atoms with Crippen LogP contribution in [-0.4, -0.2) is 35.5 Å². The van der Waals surface area contributed by atoms with E-state index in [1.807, 2.05) is 0 Å². The van der Waals surface area contributed by atoms with Crippen LogP contribution in [0.1, 0.15) is 0 Å².